The molecule has 0 saturated heterocycles. The first-order chi connectivity index (χ1) is 20.0. The van der Waals surface area contributed by atoms with E-state index in [-0.39, 0.29) is 77.1 Å². The van der Waals surface area contributed by atoms with Crippen molar-refractivity contribution in [3.8, 4) is 17.2 Å². The summed E-state index contributed by atoms with van der Waals surface area (Å²) in [6.07, 6.45) is 0. The third-order valence-corrected chi connectivity index (χ3v) is 5.72. The van der Waals surface area contributed by atoms with Crippen molar-refractivity contribution in [1.29, 1.82) is 0 Å². The van der Waals surface area contributed by atoms with E-state index in [4.69, 9.17) is 0 Å². The number of aromatic carboxylic acids is 3. The number of nitrogens with zero attached hydrogens (tertiary/aromatic N) is 3. The number of carbonyl (C=O) groups is 3. The van der Waals surface area contributed by atoms with Gasteiger partial charge in [-0.1, -0.05) is 54.6 Å². The van der Waals surface area contributed by atoms with Crippen molar-refractivity contribution >= 4 is 76.8 Å². The van der Waals surface area contributed by atoms with Crippen LogP contribution in [-0.2, 0) is 0 Å². The van der Waals surface area contributed by atoms with E-state index in [1.807, 2.05) is 0 Å². The normalized spacial score (nSPS) is 10.0. The van der Waals surface area contributed by atoms with Gasteiger partial charge in [-0.25, -0.2) is 15.0 Å². The second-order valence-corrected chi connectivity index (χ2v) is 8.50. The molecular weight excluding hydrogens is 755 g/mol. The fourth-order valence-corrected chi connectivity index (χ4v) is 3.74. The summed E-state index contributed by atoms with van der Waals surface area (Å²) in [6, 6.07) is 23.3. The number of hydrogen-bond donors (Lipinski definition) is 3. The molecule has 0 aliphatic carbocycles. The van der Waals surface area contributed by atoms with Crippen LogP contribution in [0.5, 0.6) is 17.2 Å². The average Bonchev–Trinajstić information content (AvgIpc) is 2.98. The summed E-state index contributed by atoms with van der Waals surface area (Å²) in [5.41, 5.74) is 0.273. The van der Waals surface area contributed by atoms with E-state index in [1.54, 1.807) is 54.6 Å². The van der Waals surface area contributed by atoms with Crippen molar-refractivity contribution in [2.75, 3.05) is 0 Å². The smallest absolute Gasteiger partial charge is 0.543 e. The predicted octanol–water partition coefficient (Wildman–Crippen LogP) is 0.531. The van der Waals surface area contributed by atoms with Crippen molar-refractivity contribution in [2.24, 2.45) is 0 Å². The van der Waals surface area contributed by atoms with Crippen LogP contribution in [0, 0.1) is 0 Å². The number of para-hydroxylation sites is 3. The minimum atomic E-state index is -1.35. The van der Waals surface area contributed by atoms with Gasteiger partial charge in [-0.05, 0) is 36.4 Å². The number of carboxylic acid groups (broad SMARTS) is 3. The Morgan fingerprint density at radius 1 is 0.442 bits per heavy atom. The van der Waals surface area contributed by atoms with Crippen LogP contribution < -0.4 is 15.3 Å². The van der Waals surface area contributed by atoms with E-state index in [0.29, 0.717) is 16.2 Å². The number of pyridine rings is 3. The monoisotopic (exact) mass is 773 g/mol. The average molecular weight is 773 g/mol. The van der Waals surface area contributed by atoms with E-state index in [1.165, 1.54) is 36.4 Å². The van der Waals surface area contributed by atoms with Crippen molar-refractivity contribution < 1.29 is 45.0 Å². The summed E-state index contributed by atoms with van der Waals surface area (Å²) < 4.78 is 0. The molecule has 6 rings (SSSR count). The standard InChI is InChI=1S/3C10H7NO3.Bi/c3*12-8-3-1-2-6-4-5-7(10(13)14)11-9(6)8;/h3*1-5,12H,(H,13,14);/q;;;+3/p-3. The van der Waals surface area contributed by atoms with Crippen molar-refractivity contribution in [1.82, 2.24) is 15.0 Å². The molecule has 3 aromatic carbocycles. The van der Waals surface area contributed by atoms with Gasteiger partial charge in [-0.2, -0.15) is 0 Å². The number of phenolic OH excluding ortho intramolecular Hbond substituents is 3. The van der Waals surface area contributed by atoms with E-state index in [9.17, 15) is 45.0 Å². The second-order valence-electron chi connectivity index (χ2n) is 8.50. The molecule has 0 unspecified atom stereocenters. The van der Waals surface area contributed by atoms with Gasteiger partial charge in [0.05, 0.1) is 35.0 Å². The Morgan fingerprint density at radius 2 is 0.698 bits per heavy atom. The molecule has 0 spiro atoms. The maximum absolute atomic E-state index is 10.5. The largest absolute Gasteiger partial charge is 3.00 e. The molecule has 0 aliphatic rings. The van der Waals surface area contributed by atoms with Crippen LogP contribution in [0.4, 0.5) is 0 Å². The van der Waals surface area contributed by atoms with Crippen LogP contribution >= 0.6 is 0 Å². The van der Waals surface area contributed by atoms with Gasteiger partial charge in [0.2, 0.25) is 0 Å². The van der Waals surface area contributed by atoms with E-state index in [2.05, 4.69) is 15.0 Å². The van der Waals surface area contributed by atoms with Gasteiger partial charge >= 0.3 is 26.2 Å². The van der Waals surface area contributed by atoms with Crippen LogP contribution in [-0.4, -0.2) is 74.4 Å². The first-order valence-electron chi connectivity index (χ1n) is 12.0. The zero-order chi connectivity index (χ0) is 30.4. The maximum atomic E-state index is 10.5. The van der Waals surface area contributed by atoms with Crippen LogP contribution in [0.15, 0.2) is 91.0 Å². The summed E-state index contributed by atoms with van der Waals surface area (Å²) in [6.45, 7) is 0. The van der Waals surface area contributed by atoms with Gasteiger partial charge < -0.3 is 45.0 Å². The van der Waals surface area contributed by atoms with Gasteiger partial charge in [0.1, 0.15) is 33.8 Å². The molecule has 2 radical (unpaired) electrons. The van der Waals surface area contributed by atoms with E-state index < -0.39 is 17.9 Å². The Balaban J connectivity index is 0.000000175. The zero-order valence-electron chi connectivity index (χ0n) is 21.7. The molecule has 3 heterocycles. The predicted molar refractivity (Wildman–Crippen MR) is 149 cm³/mol. The first-order valence-corrected chi connectivity index (χ1v) is 12.0. The Bertz CT molecular complexity index is 1760. The Hall–Kier alpha value is -5.42. The summed E-state index contributed by atoms with van der Waals surface area (Å²) >= 11 is 0. The SMILES string of the molecule is O=C([O-])c1ccc2cccc(O)c2n1.O=C([O-])c1ccc2cccc(O)c2n1.O=C([O-])c1ccc2cccc(O)c2n1.[Bi+3]. The number of carboxylic acids is 3. The summed E-state index contributed by atoms with van der Waals surface area (Å²) in [4.78, 5) is 42.8. The number of phenols is 3. The fourth-order valence-electron chi connectivity index (χ4n) is 3.74. The Labute approximate surface area is 261 Å². The number of hydrogen-bond acceptors (Lipinski definition) is 12. The molecule has 0 amide bonds. The molecule has 43 heavy (non-hydrogen) atoms. The molecule has 0 bridgehead atoms. The third-order valence-electron chi connectivity index (χ3n) is 5.72. The minimum Gasteiger partial charge on any atom is -0.543 e. The number of rotatable bonds is 3. The number of aromatic hydroxyl groups is 3. The van der Waals surface area contributed by atoms with Crippen LogP contribution in [0.3, 0.4) is 0 Å². The Kier molecular flexibility index (Phi) is 10.4. The maximum Gasteiger partial charge on any atom is 3.00 e. The quantitative estimate of drug-likeness (QED) is 0.210. The van der Waals surface area contributed by atoms with Crippen LogP contribution in [0.25, 0.3) is 32.7 Å². The molecule has 3 N–H and O–H groups in total. The third kappa shape index (κ3) is 7.66. The van der Waals surface area contributed by atoms with E-state index >= 15 is 0 Å². The number of aromatic nitrogens is 3. The topological polar surface area (TPSA) is 220 Å². The van der Waals surface area contributed by atoms with Gasteiger partial charge in [-0.15, -0.1) is 0 Å². The second kappa shape index (κ2) is 14.0. The van der Waals surface area contributed by atoms with Gasteiger partial charge in [0, 0.05) is 16.2 Å². The molecule has 0 atom stereocenters. The molecule has 212 valence electrons. The number of benzene rings is 3. The van der Waals surface area contributed by atoms with Gasteiger partial charge in [0.25, 0.3) is 0 Å². The zero-order valence-corrected chi connectivity index (χ0v) is 25.2. The van der Waals surface area contributed by atoms with Crippen molar-refractivity contribution in [3.05, 3.63) is 108 Å². The molecule has 6 aromatic rings. The van der Waals surface area contributed by atoms with Crippen LogP contribution in [0.2, 0.25) is 0 Å². The minimum absolute atomic E-state index is 0. The number of fused-ring (bicyclic) bond motifs is 3. The molecule has 0 aliphatic heterocycles. The molecule has 3 aromatic heterocycles. The van der Waals surface area contributed by atoms with Gasteiger partial charge in [-0.3, -0.25) is 0 Å². The van der Waals surface area contributed by atoms with Crippen molar-refractivity contribution in [2.45, 2.75) is 0 Å². The molecule has 12 nitrogen and oxygen atoms in total. The fraction of sp³-hybridized carbons (Fsp3) is 0. The molecular formula is C30H18BiN3O9. The molecule has 13 heteroatoms. The summed E-state index contributed by atoms with van der Waals surface area (Å²) in [5, 5.41) is 61.8. The van der Waals surface area contributed by atoms with E-state index in [0.717, 1.165) is 0 Å². The van der Waals surface area contributed by atoms with Crippen molar-refractivity contribution in [3.63, 3.8) is 0 Å². The first kappa shape index (κ1) is 32.1. The summed E-state index contributed by atoms with van der Waals surface area (Å²) in [7, 11) is 0. The molecule has 0 saturated carbocycles. The van der Waals surface area contributed by atoms with Gasteiger partial charge in [0.15, 0.2) is 0 Å². The molecule has 0 fully saturated rings. The van der Waals surface area contributed by atoms with Crippen LogP contribution in [0.1, 0.15) is 31.5 Å². The number of carbonyl (C=O) groups excluding carboxylic acids is 3. The summed E-state index contributed by atoms with van der Waals surface area (Å²) in [5.74, 6) is -4.16. The Morgan fingerprint density at radius 3 is 0.930 bits per heavy atom.